The van der Waals surface area contributed by atoms with E-state index in [0.717, 1.165) is 12.0 Å². The van der Waals surface area contributed by atoms with E-state index in [1.807, 2.05) is 19.1 Å². The van der Waals surface area contributed by atoms with E-state index in [9.17, 15) is 4.79 Å². The minimum absolute atomic E-state index is 0.000417. The molecular formula is C15H22N2O. The highest BCUT2D eigenvalue weighted by Crippen LogP contribution is 2.24. The van der Waals surface area contributed by atoms with E-state index in [-0.39, 0.29) is 5.91 Å². The largest absolute Gasteiger partial charge is 0.398 e. The smallest absolute Gasteiger partial charge is 0.251 e. The quantitative estimate of drug-likeness (QED) is 0.788. The van der Waals surface area contributed by atoms with E-state index in [1.165, 1.54) is 19.3 Å². The van der Waals surface area contributed by atoms with Gasteiger partial charge in [-0.05, 0) is 43.4 Å². The lowest BCUT2D eigenvalue weighted by atomic mass is 9.86. The van der Waals surface area contributed by atoms with Crippen LogP contribution in [0.3, 0.4) is 0 Å². The third-order valence-corrected chi connectivity index (χ3v) is 3.97. The van der Waals surface area contributed by atoms with Crippen molar-refractivity contribution < 1.29 is 4.79 Å². The molecule has 1 fully saturated rings. The molecule has 18 heavy (non-hydrogen) atoms. The lowest BCUT2D eigenvalue weighted by Gasteiger charge is -2.29. The molecule has 3 N–H and O–H groups in total. The van der Waals surface area contributed by atoms with Crippen molar-refractivity contribution in [1.82, 2.24) is 5.32 Å². The predicted molar refractivity (Wildman–Crippen MR) is 74.5 cm³/mol. The zero-order valence-corrected chi connectivity index (χ0v) is 11.2. The first-order chi connectivity index (χ1) is 8.58. The highest BCUT2D eigenvalue weighted by atomic mass is 16.1. The zero-order chi connectivity index (χ0) is 13.1. The number of nitrogen functional groups attached to an aromatic ring is 1. The first-order valence-electron chi connectivity index (χ1n) is 6.75. The van der Waals surface area contributed by atoms with Crippen LogP contribution in [0.1, 0.15) is 48.5 Å². The van der Waals surface area contributed by atoms with Gasteiger partial charge in [0, 0.05) is 17.3 Å². The number of rotatable bonds is 2. The van der Waals surface area contributed by atoms with Crippen molar-refractivity contribution in [2.45, 2.75) is 45.6 Å². The van der Waals surface area contributed by atoms with Crippen LogP contribution in [0.4, 0.5) is 5.69 Å². The highest BCUT2D eigenvalue weighted by Gasteiger charge is 2.23. The maximum Gasteiger partial charge on any atom is 0.251 e. The summed E-state index contributed by atoms with van der Waals surface area (Å²) in [6.07, 6.45) is 4.80. The fraction of sp³-hybridized carbons (Fsp3) is 0.533. The Kier molecular flexibility index (Phi) is 3.90. The summed E-state index contributed by atoms with van der Waals surface area (Å²) in [5.74, 6) is 0.575. The van der Waals surface area contributed by atoms with Crippen LogP contribution in [0.5, 0.6) is 0 Å². The molecule has 0 radical (unpaired) electrons. The molecule has 3 heteroatoms. The molecule has 0 aromatic heterocycles. The number of nitrogens with two attached hydrogens (primary N) is 1. The Morgan fingerprint density at radius 3 is 2.72 bits per heavy atom. The second-order valence-corrected chi connectivity index (χ2v) is 5.41. The molecule has 1 aliphatic carbocycles. The fourth-order valence-electron chi connectivity index (χ4n) is 2.56. The van der Waals surface area contributed by atoms with E-state index in [1.54, 1.807) is 6.07 Å². The number of hydrogen-bond acceptors (Lipinski definition) is 2. The average molecular weight is 246 g/mol. The molecule has 1 aliphatic rings. The summed E-state index contributed by atoms with van der Waals surface area (Å²) in [7, 11) is 0. The number of nitrogens with one attached hydrogen (secondary N) is 1. The minimum Gasteiger partial charge on any atom is -0.398 e. The zero-order valence-electron chi connectivity index (χ0n) is 11.2. The van der Waals surface area contributed by atoms with Gasteiger partial charge in [-0.25, -0.2) is 0 Å². The Morgan fingerprint density at radius 1 is 1.33 bits per heavy atom. The van der Waals surface area contributed by atoms with Gasteiger partial charge in [-0.15, -0.1) is 0 Å². The van der Waals surface area contributed by atoms with Gasteiger partial charge < -0.3 is 11.1 Å². The fourth-order valence-corrected chi connectivity index (χ4v) is 2.56. The molecule has 3 nitrogen and oxygen atoms in total. The van der Waals surface area contributed by atoms with Crippen LogP contribution < -0.4 is 11.1 Å². The van der Waals surface area contributed by atoms with Crippen molar-refractivity contribution in [3.8, 4) is 0 Å². The van der Waals surface area contributed by atoms with Crippen LogP contribution >= 0.6 is 0 Å². The van der Waals surface area contributed by atoms with Crippen LogP contribution in [0.2, 0.25) is 0 Å². The standard InChI is InChI=1S/C15H22N2O/c1-10-7-8-12(9-13(10)16)15(18)17-14-6-4-3-5-11(14)2/h7-9,11,14H,3-6,16H2,1-2H3,(H,17,18)/t11-,14-/m1/s1. The van der Waals surface area contributed by atoms with Gasteiger partial charge in [0.1, 0.15) is 0 Å². The van der Waals surface area contributed by atoms with Gasteiger partial charge in [-0.3, -0.25) is 4.79 Å². The molecule has 0 bridgehead atoms. The van der Waals surface area contributed by atoms with Crippen LogP contribution in [-0.2, 0) is 0 Å². The van der Waals surface area contributed by atoms with Crippen LogP contribution in [0.15, 0.2) is 18.2 Å². The molecule has 2 atom stereocenters. The van der Waals surface area contributed by atoms with Gasteiger partial charge in [0.25, 0.3) is 5.91 Å². The number of amides is 1. The van der Waals surface area contributed by atoms with Crippen molar-refractivity contribution in [1.29, 1.82) is 0 Å². The van der Waals surface area contributed by atoms with Gasteiger partial charge in [-0.1, -0.05) is 25.8 Å². The summed E-state index contributed by atoms with van der Waals surface area (Å²) in [5, 5.41) is 3.14. The molecule has 2 rings (SSSR count). The molecule has 0 aliphatic heterocycles. The van der Waals surface area contributed by atoms with E-state index >= 15 is 0 Å². The molecule has 0 unspecified atom stereocenters. The van der Waals surface area contributed by atoms with Crippen LogP contribution in [0.25, 0.3) is 0 Å². The normalized spacial score (nSPS) is 23.7. The topological polar surface area (TPSA) is 55.1 Å². The van der Waals surface area contributed by atoms with Gasteiger partial charge in [0.05, 0.1) is 0 Å². The first kappa shape index (κ1) is 12.9. The highest BCUT2D eigenvalue weighted by molar-refractivity contribution is 5.95. The van der Waals surface area contributed by atoms with Crippen molar-refractivity contribution in [3.63, 3.8) is 0 Å². The summed E-state index contributed by atoms with van der Waals surface area (Å²) in [6.45, 7) is 4.16. The molecule has 1 aromatic rings. The SMILES string of the molecule is Cc1ccc(C(=O)N[C@@H]2CCCC[C@H]2C)cc1N. The third-order valence-electron chi connectivity index (χ3n) is 3.97. The molecule has 1 saturated carbocycles. The van der Waals surface area contributed by atoms with Gasteiger partial charge in [-0.2, -0.15) is 0 Å². The van der Waals surface area contributed by atoms with Gasteiger partial charge >= 0.3 is 0 Å². The molecule has 98 valence electrons. The molecular weight excluding hydrogens is 224 g/mol. The summed E-state index contributed by atoms with van der Waals surface area (Å²) in [4.78, 5) is 12.2. The Labute approximate surface area is 109 Å². The average Bonchev–Trinajstić information content (AvgIpc) is 2.35. The van der Waals surface area contributed by atoms with E-state index in [0.29, 0.717) is 23.2 Å². The summed E-state index contributed by atoms with van der Waals surface area (Å²) in [5.41, 5.74) is 8.19. The summed E-state index contributed by atoms with van der Waals surface area (Å²) >= 11 is 0. The number of benzene rings is 1. The maximum atomic E-state index is 12.2. The van der Waals surface area contributed by atoms with Crippen LogP contribution in [0, 0.1) is 12.8 Å². The van der Waals surface area contributed by atoms with Crippen molar-refractivity contribution in [2.75, 3.05) is 5.73 Å². The summed E-state index contributed by atoms with van der Waals surface area (Å²) in [6, 6.07) is 5.81. The Morgan fingerprint density at radius 2 is 2.06 bits per heavy atom. The number of anilines is 1. The molecule has 1 aromatic carbocycles. The van der Waals surface area contributed by atoms with Crippen LogP contribution in [-0.4, -0.2) is 11.9 Å². The maximum absolute atomic E-state index is 12.2. The number of hydrogen-bond donors (Lipinski definition) is 2. The molecule has 0 spiro atoms. The third kappa shape index (κ3) is 2.84. The Balaban J connectivity index is 2.04. The predicted octanol–water partition coefficient (Wildman–Crippen LogP) is 2.89. The van der Waals surface area contributed by atoms with E-state index < -0.39 is 0 Å². The number of carbonyl (C=O) groups excluding carboxylic acids is 1. The van der Waals surface area contributed by atoms with Crippen molar-refractivity contribution in [2.24, 2.45) is 5.92 Å². The Bertz CT molecular complexity index is 442. The molecule has 0 heterocycles. The monoisotopic (exact) mass is 246 g/mol. The summed E-state index contributed by atoms with van der Waals surface area (Å²) < 4.78 is 0. The minimum atomic E-state index is 0.000417. The molecule has 0 saturated heterocycles. The van der Waals surface area contributed by atoms with Crippen molar-refractivity contribution >= 4 is 11.6 Å². The molecule has 1 amide bonds. The van der Waals surface area contributed by atoms with Gasteiger partial charge in [0.2, 0.25) is 0 Å². The number of carbonyl (C=O) groups is 1. The second-order valence-electron chi connectivity index (χ2n) is 5.41. The first-order valence-corrected chi connectivity index (χ1v) is 6.75. The van der Waals surface area contributed by atoms with E-state index in [2.05, 4.69) is 12.2 Å². The lowest BCUT2D eigenvalue weighted by molar-refractivity contribution is 0.0910. The van der Waals surface area contributed by atoms with E-state index in [4.69, 9.17) is 5.73 Å². The second kappa shape index (κ2) is 5.42. The van der Waals surface area contributed by atoms with Crippen molar-refractivity contribution in [3.05, 3.63) is 29.3 Å². The lowest BCUT2D eigenvalue weighted by Crippen LogP contribution is -2.41. The number of aryl methyl sites for hydroxylation is 1. The Hall–Kier alpha value is -1.51. The van der Waals surface area contributed by atoms with Gasteiger partial charge in [0.15, 0.2) is 0 Å².